The highest BCUT2D eigenvalue weighted by Gasteiger charge is 2.14. The molecule has 4 nitrogen and oxygen atoms in total. The number of carbonyl (C=O) groups is 1. The molecule has 0 aromatic heterocycles. The Morgan fingerprint density at radius 3 is 2.57 bits per heavy atom. The Morgan fingerprint density at radius 1 is 1.30 bits per heavy atom. The summed E-state index contributed by atoms with van der Waals surface area (Å²) < 4.78 is 13.5. The van der Waals surface area contributed by atoms with Crippen molar-refractivity contribution >= 4 is 11.6 Å². The molecule has 1 amide bonds. The number of hydrogen-bond acceptors (Lipinski definition) is 3. The SMILES string of the molecule is CCC(C)C(=O)Nc1cc(-c2ccc(O)c(F)c2)ccc1C#N. The summed E-state index contributed by atoms with van der Waals surface area (Å²) in [6.07, 6.45) is 0.691. The maximum atomic E-state index is 13.5. The maximum Gasteiger partial charge on any atom is 0.227 e. The van der Waals surface area contributed by atoms with Gasteiger partial charge in [-0.1, -0.05) is 26.0 Å². The van der Waals surface area contributed by atoms with E-state index in [4.69, 9.17) is 0 Å². The number of amides is 1. The summed E-state index contributed by atoms with van der Waals surface area (Å²) in [7, 11) is 0. The van der Waals surface area contributed by atoms with Crippen LogP contribution < -0.4 is 5.32 Å². The van der Waals surface area contributed by atoms with Crippen LogP contribution in [0.1, 0.15) is 25.8 Å². The number of halogens is 1. The van der Waals surface area contributed by atoms with E-state index in [0.717, 1.165) is 0 Å². The molecular weight excluding hydrogens is 295 g/mol. The van der Waals surface area contributed by atoms with Gasteiger partial charge in [0.15, 0.2) is 11.6 Å². The van der Waals surface area contributed by atoms with Crippen LogP contribution in [0.5, 0.6) is 5.75 Å². The number of aromatic hydroxyl groups is 1. The molecule has 0 bridgehead atoms. The molecule has 23 heavy (non-hydrogen) atoms. The third-order valence-electron chi connectivity index (χ3n) is 3.74. The largest absolute Gasteiger partial charge is 0.505 e. The van der Waals surface area contributed by atoms with Gasteiger partial charge in [0.2, 0.25) is 5.91 Å². The lowest BCUT2D eigenvalue weighted by Crippen LogP contribution is -2.20. The number of phenols is 1. The Morgan fingerprint density at radius 2 is 1.96 bits per heavy atom. The van der Waals surface area contributed by atoms with Gasteiger partial charge in [-0.3, -0.25) is 4.79 Å². The predicted molar refractivity (Wildman–Crippen MR) is 86.3 cm³/mol. The Kier molecular flexibility index (Phi) is 4.97. The number of anilines is 1. The Bertz CT molecular complexity index is 781. The van der Waals surface area contributed by atoms with Gasteiger partial charge < -0.3 is 10.4 Å². The van der Waals surface area contributed by atoms with Crippen LogP contribution in [-0.2, 0) is 4.79 Å². The van der Waals surface area contributed by atoms with E-state index >= 15 is 0 Å². The molecule has 2 aromatic carbocycles. The molecule has 0 spiro atoms. The lowest BCUT2D eigenvalue weighted by molar-refractivity contribution is -0.119. The molecule has 0 radical (unpaired) electrons. The van der Waals surface area contributed by atoms with Crippen molar-refractivity contribution in [2.75, 3.05) is 5.32 Å². The van der Waals surface area contributed by atoms with Crippen LogP contribution in [0, 0.1) is 23.1 Å². The van der Waals surface area contributed by atoms with Crippen LogP contribution in [0.15, 0.2) is 36.4 Å². The smallest absolute Gasteiger partial charge is 0.227 e. The van der Waals surface area contributed by atoms with Crippen LogP contribution in [-0.4, -0.2) is 11.0 Å². The number of carbonyl (C=O) groups excluding carboxylic acids is 1. The molecule has 1 unspecified atom stereocenters. The van der Waals surface area contributed by atoms with Gasteiger partial charge in [0.25, 0.3) is 0 Å². The van der Waals surface area contributed by atoms with Crippen LogP contribution in [0.4, 0.5) is 10.1 Å². The first-order chi connectivity index (χ1) is 11.0. The van der Waals surface area contributed by atoms with E-state index in [-0.39, 0.29) is 11.8 Å². The first kappa shape index (κ1) is 16.5. The Labute approximate surface area is 134 Å². The van der Waals surface area contributed by atoms with Gasteiger partial charge in [0.05, 0.1) is 11.3 Å². The molecule has 118 valence electrons. The Hall–Kier alpha value is -2.87. The molecule has 0 aliphatic heterocycles. The molecule has 2 aromatic rings. The summed E-state index contributed by atoms with van der Waals surface area (Å²) in [4.78, 5) is 12.0. The van der Waals surface area contributed by atoms with Crippen molar-refractivity contribution in [2.24, 2.45) is 5.92 Å². The van der Waals surface area contributed by atoms with Crippen molar-refractivity contribution in [2.45, 2.75) is 20.3 Å². The highest BCUT2D eigenvalue weighted by molar-refractivity contribution is 5.94. The minimum absolute atomic E-state index is 0.168. The average molecular weight is 312 g/mol. The minimum atomic E-state index is -0.725. The second-order valence-electron chi connectivity index (χ2n) is 5.34. The number of benzene rings is 2. The third-order valence-corrected chi connectivity index (χ3v) is 3.74. The topological polar surface area (TPSA) is 73.1 Å². The van der Waals surface area contributed by atoms with Crippen molar-refractivity contribution in [3.63, 3.8) is 0 Å². The van der Waals surface area contributed by atoms with E-state index in [1.54, 1.807) is 31.2 Å². The molecule has 0 heterocycles. The number of nitrogens with zero attached hydrogens (tertiary/aromatic N) is 1. The molecule has 0 fully saturated rings. The number of hydrogen-bond donors (Lipinski definition) is 2. The summed E-state index contributed by atoms with van der Waals surface area (Å²) in [6, 6.07) is 10.9. The Balaban J connectivity index is 2.40. The molecule has 0 aliphatic carbocycles. The number of phenolic OH excluding ortho intramolecular Hbond substituents is 1. The van der Waals surface area contributed by atoms with Gasteiger partial charge in [-0.2, -0.15) is 5.26 Å². The number of nitrogens with one attached hydrogen (secondary N) is 1. The molecular formula is C18H17FN2O2. The minimum Gasteiger partial charge on any atom is -0.505 e. The van der Waals surface area contributed by atoms with Gasteiger partial charge in [0.1, 0.15) is 6.07 Å². The standard InChI is InChI=1S/C18H17FN2O2/c1-3-11(2)18(23)21-16-9-13(4-5-14(16)10-20)12-6-7-17(22)15(19)8-12/h4-9,11,22H,3H2,1-2H3,(H,21,23). The molecule has 2 N–H and O–H groups in total. The predicted octanol–water partition coefficient (Wildman–Crippen LogP) is 4.05. The zero-order chi connectivity index (χ0) is 17.0. The first-order valence-electron chi connectivity index (χ1n) is 7.30. The fraction of sp³-hybridized carbons (Fsp3) is 0.222. The van der Waals surface area contributed by atoms with E-state index in [2.05, 4.69) is 5.32 Å². The van der Waals surface area contributed by atoms with E-state index in [9.17, 15) is 19.6 Å². The normalized spacial score (nSPS) is 11.6. The van der Waals surface area contributed by atoms with E-state index in [1.807, 2.05) is 13.0 Å². The van der Waals surface area contributed by atoms with Crippen molar-refractivity contribution in [1.82, 2.24) is 0 Å². The highest BCUT2D eigenvalue weighted by Crippen LogP contribution is 2.28. The number of nitriles is 1. The fourth-order valence-corrected chi connectivity index (χ4v) is 2.05. The molecule has 5 heteroatoms. The average Bonchev–Trinajstić information content (AvgIpc) is 2.56. The third kappa shape index (κ3) is 3.67. The second kappa shape index (κ2) is 6.93. The summed E-state index contributed by atoms with van der Waals surface area (Å²) in [5.74, 6) is -1.49. The fourth-order valence-electron chi connectivity index (χ4n) is 2.05. The van der Waals surface area contributed by atoms with Gasteiger partial charge in [-0.25, -0.2) is 4.39 Å². The van der Waals surface area contributed by atoms with Crippen molar-refractivity contribution in [3.8, 4) is 22.9 Å². The number of rotatable bonds is 4. The zero-order valence-electron chi connectivity index (χ0n) is 12.9. The van der Waals surface area contributed by atoms with Crippen molar-refractivity contribution < 1.29 is 14.3 Å². The monoisotopic (exact) mass is 312 g/mol. The molecule has 1 atom stereocenters. The summed E-state index contributed by atoms with van der Waals surface area (Å²) in [6.45, 7) is 3.71. The van der Waals surface area contributed by atoms with Gasteiger partial charge in [-0.05, 0) is 41.8 Å². The first-order valence-corrected chi connectivity index (χ1v) is 7.30. The van der Waals surface area contributed by atoms with Gasteiger partial charge >= 0.3 is 0 Å². The summed E-state index contributed by atoms with van der Waals surface area (Å²) >= 11 is 0. The summed E-state index contributed by atoms with van der Waals surface area (Å²) in [5, 5.41) is 21.2. The second-order valence-corrected chi connectivity index (χ2v) is 5.34. The lowest BCUT2D eigenvalue weighted by atomic mass is 10.0. The van der Waals surface area contributed by atoms with E-state index < -0.39 is 11.6 Å². The molecule has 2 rings (SSSR count). The summed E-state index contributed by atoms with van der Waals surface area (Å²) in [5.41, 5.74) is 1.92. The van der Waals surface area contributed by atoms with Crippen LogP contribution in [0.25, 0.3) is 11.1 Å². The molecule has 0 saturated heterocycles. The lowest BCUT2D eigenvalue weighted by Gasteiger charge is -2.13. The van der Waals surface area contributed by atoms with Gasteiger partial charge in [-0.15, -0.1) is 0 Å². The van der Waals surface area contributed by atoms with Crippen molar-refractivity contribution in [1.29, 1.82) is 5.26 Å². The van der Waals surface area contributed by atoms with E-state index in [1.165, 1.54) is 12.1 Å². The zero-order valence-corrected chi connectivity index (χ0v) is 12.9. The molecule has 0 aliphatic rings. The van der Waals surface area contributed by atoms with Crippen molar-refractivity contribution in [3.05, 3.63) is 47.8 Å². The van der Waals surface area contributed by atoms with Gasteiger partial charge in [0, 0.05) is 5.92 Å². The van der Waals surface area contributed by atoms with Crippen LogP contribution in [0.2, 0.25) is 0 Å². The van der Waals surface area contributed by atoms with E-state index in [0.29, 0.717) is 28.8 Å². The quantitative estimate of drug-likeness (QED) is 0.894. The highest BCUT2D eigenvalue weighted by atomic mass is 19.1. The van der Waals surface area contributed by atoms with Crippen LogP contribution in [0.3, 0.4) is 0 Å². The van der Waals surface area contributed by atoms with Crippen LogP contribution >= 0.6 is 0 Å². The maximum absolute atomic E-state index is 13.5. The molecule has 0 saturated carbocycles.